The van der Waals surface area contributed by atoms with Gasteiger partial charge in [0.2, 0.25) is 10.0 Å². The van der Waals surface area contributed by atoms with E-state index in [1.165, 1.54) is 16.4 Å². The Bertz CT molecular complexity index is 1210. The van der Waals surface area contributed by atoms with Gasteiger partial charge in [0, 0.05) is 18.8 Å². The average molecular weight is 483 g/mol. The van der Waals surface area contributed by atoms with Gasteiger partial charge in [0.15, 0.2) is 0 Å². The van der Waals surface area contributed by atoms with Crippen LogP contribution in [0, 0.1) is 0 Å². The topological polar surface area (TPSA) is 94.2 Å². The molecule has 3 aromatic rings. The number of carbonyl (C=O) groups excluding carboxylic acids is 1. The average Bonchev–Trinajstić information content (AvgIpc) is 2.88. The number of sulfonamides is 1. The molecule has 3 aromatic carbocycles. The van der Waals surface area contributed by atoms with Gasteiger partial charge in [0.25, 0.3) is 5.91 Å². The van der Waals surface area contributed by atoms with E-state index in [1.807, 2.05) is 30.3 Å². The molecule has 0 aromatic heterocycles. The highest BCUT2D eigenvalue weighted by Crippen LogP contribution is 2.23. The van der Waals surface area contributed by atoms with Gasteiger partial charge in [-0.05, 0) is 42.5 Å². The Hall–Kier alpha value is -3.40. The molecule has 1 saturated heterocycles. The number of rotatable bonds is 9. The van der Waals surface area contributed by atoms with Gasteiger partial charge in [-0.3, -0.25) is 4.79 Å². The lowest BCUT2D eigenvalue weighted by Gasteiger charge is -2.26. The van der Waals surface area contributed by atoms with Crippen LogP contribution in [0.4, 0.5) is 5.69 Å². The minimum absolute atomic E-state index is 0.120. The molecule has 1 aliphatic rings. The van der Waals surface area contributed by atoms with Gasteiger partial charge in [-0.25, -0.2) is 8.42 Å². The zero-order valence-corrected chi connectivity index (χ0v) is 19.4. The van der Waals surface area contributed by atoms with Gasteiger partial charge >= 0.3 is 0 Å². The summed E-state index contributed by atoms with van der Waals surface area (Å²) in [4.78, 5) is 13.1. The van der Waals surface area contributed by atoms with Crippen LogP contribution < -0.4 is 14.8 Å². The number of ether oxygens (including phenoxy) is 3. The maximum absolute atomic E-state index is 13.0. The molecule has 1 amide bonds. The normalized spacial score (nSPS) is 14.4. The van der Waals surface area contributed by atoms with Crippen LogP contribution in [0.15, 0.2) is 83.8 Å². The van der Waals surface area contributed by atoms with Crippen molar-refractivity contribution in [3.63, 3.8) is 0 Å². The lowest BCUT2D eigenvalue weighted by Crippen LogP contribution is -2.40. The zero-order chi connectivity index (χ0) is 23.8. The minimum atomic E-state index is -3.67. The fraction of sp³-hybridized carbons (Fsp3) is 0.240. The molecule has 1 heterocycles. The Labute approximate surface area is 199 Å². The summed E-state index contributed by atoms with van der Waals surface area (Å²) in [7, 11) is -3.67. The molecule has 0 atom stereocenters. The molecule has 1 N–H and O–H groups in total. The van der Waals surface area contributed by atoms with Crippen LogP contribution in [0.25, 0.3) is 0 Å². The number of carbonyl (C=O) groups is 1. The van der Waals surface area contributed by atoms with Crippen LogP contribution in [-0.2, 0) is 14.8 Å². The summed E-state index contributed by atoms with van der Waals surface area (Å²) in [6, 6.07) is 22.5. The summed E-state index contributed by atoms with van der Waals surface area (Å²) in [6.45, 7) is 1.91. The highest BCUT2D eigenvalue weighted by molar-refractivity contribution is 7.89. The molecule has 0 saturated carbocycles. The van der Waals surface area contributed by atoms with E-state index in [0.29, 0.717) is 49.9 Å². The molecule has 0 radical (unpaired) electrons. The van der Waals surface area contributed by atoms with Crippen molar-refractivity contribution in [1.29, 1.82) is 0 Å². The number of hydrogen-bond donors (Lipinski definition) is 1. The third-order valence-electron chi connectivity index (χ3n) is 5.18. The number of nitrogens with one attached hydrogen (secondary N) is 1. The lowest BCUT2D eigenvalue weighted by atomic mass is 10.2. The van der Waals surface area contributed by atoms with Crippen molar-refractivity contribution in [1.82, 2.24) is 4.31 Å². The largest absolute Gasteiger partial charge is 0.490 e. The molecule has 8 nitrogen and oxygen atoms in total. The fourth-order valence-electron chi connectivity index (χ4n) is 3.48. The van der Waals surface area contributed by atoms with Crippen LogP contribution in [0.3, 0.4) is 0 Å². The Morgan fingerprint density at radius 3 is 2.38 bits per heavy atom. The quantitative estimate of drug-likeness (QED) is 0.470. The second-order valence-electron chi connectivity index (χ2n) is 7.50. The lowest BCUT2D eigenvalue weighted by molar-refractivity contribution is 0.0730. The predicted molar refractivity (Wildman–Crippen MR) is 128 cm³/mol. The van der Waals surface area contributed by atoms with Gasteiger partial charge < -0.3 is 19.5 Å². The smallest absolute Gasteiger partial charge is 0.259 e. The highest BCUT2D eigenvalue weighted by Gasteiger charge is 2.26. The molecule has 1 fully saturated rings. The summed E-state index contributed by atoms with van der Waals surface area (Å²) in [6.07, 6.45) is 0. The van der Waals surface area contributed by atoms with E-state index in [1.54, 1.807) is 36.4 Å². The molecule has 34 heavy (non-hydrogen) atoms. The van der Waals surface area contributed by atoms with Crippen molar-refractivity contribution in [3.8, 4) is 11.5 Å². The SMILES string of the molecule is O=C(Nc1cccc(S(=O)(=O)N2CCOCC2)c1)c1ccccc1OCCOc1ccccc1. The molecule has 0 aliphatic carbocycles. The van der Waals surface area contributed by atoms with Crippen molar-refractivity contribution in [3.05, 3.63) is 84.4 Å². The molecule has 0 bridgehead atoms. The van der Waals surface area contributed by atoms with Crippen molar-refractivity contribution in [2.24, 2.45) is 0 Å². The summed E-state index contributed by atoms with van der Waals surface area (Å²) < 4.78 is 43.9. The van der Waals surface area contributed by atoms with Crippen LogP contribution in [0.5, 0.6) is 11.5 Å². The van der Waals surface area contributed by atoms with Gasteiger partial charge in [-0.1, -0.05) is 36.4 Å². The number of para-hydroxylation sites is 2. The van der Waals surface area contributed by atoms with E-state index in [2.05, 4.69) is 5.32 Å². The van der Waals surface area contributed by atoms with E-state index >= 15 is 0 Å². The molecular formula is C25H26N2O6S. The predicted octanol–water partition coefficient (Wildman–Crippen LogP) is 3.42. The van der Waals surface area contributed by atoms with Crippen molar-refractivity contribution >= 4 is 21.6 Å². The van der Waals surface area contributed by atoms with Crippen molar-refractivity contribution < 1.29 is 27.4 Å². The monoisotopic (exact) mass is 482 g/mol. The Balaban J connectivity index is 1.40. The molecule has 1 aliphatic heterocycles. The first kappa shape index (κ1) is 23.7. The second kappa shape index (κ2) is 11.1. The summed E-state index contributed by atoms with van der Waals surface area (Å²) in [5.41, 5.74) is 0.713. The number of nitrogens with zero attached hydrogens (tertiary/aromatic N) is 1. The minimum Gasteiger partial charge on any atom is -0.490 e. The summed E-state index contributed by atoms with van der Waals surface area (Å²) in [5.74, 6) is 0.748. The van der Waals surface area contributed by atoms with E-state index in [-0.39, 0.29) is 11.5 Å². The van der Waals surface area contributed by atoms with E-state index in [9.17, 15) is 13.2 Å². The Kier molecular flexibility index (Phi) is 7.79. The number of hydrogen-bond acceptors (Lipinski definition) is 6. The van der Waals surface area contributed by atoms with Gasteiger partial charge in [0.1, 0.15) is 24.7 Å². The zero-order valence-electron chi connectivity index (χ0n) is 18.6. The van der Waals surface area contributed by atoms with Crippen LogP contribution in [0.1, 0.15) is 10.4 Å². The second-order valence-corrected chi connectivity index (χ2v) is 9.44. The van der Waals surface area contributed by atoms with Gasteiger partial charge in [-0.2, -0.15) is 4.31 Å². The highest BCUT2D eigenvalue weighted by atomic mass is 32.2. The number of benzene rings is 3. The fourth-order valence-corrected chi connectivity index (χ4v) is 4.93. The first-order valence-corrected chi connectivity index (χ1v) is 12.4. The third-order valence-corrected chi connectivity index (χ3v) is 7.08. The van der Waals surface area contributed by atoms with Gasteiger partial charge in [-0.15, -0.1) is 0 Å². The Morgan fingerprint density at radius 1 is 0.882 bits per heavy atom. The molecule has 178 valence electrons. The first-order valence-electron chi connectivity index (χ1n) is 10.9. The standard InChI is InChI=1S/C25H26N2O6S/c28-25(23-11-4-5-12-24(23)33-18-17-32-21-8-2-1-3-9-21)26-20-7-6-10-22(19-20)34(29,30)27-13-15-31-16-14-27/h1-12,19H,13-18H2,(H,26,28). The molecular weight excluding hydrogens is 456 g/mol. The molecule has 0 spiro atoms. The van der Waals surface area contributed by atoms with Crippen LogP contribution in [0.2, 0.25) is 0 Å². The van der Waals surface area contributed by atoms with Gasteiger partial charge in [0.05, 0.1) is 23.7 Å². The molecule has 0 unspecified atom stereocenters. The maximum atomic E-state index is 13.0. The van der Waals surface area contributed by atoms with Crippen LogP contribution >= 0.6 is 0 Å². The number of morpholine rings is 1. The third kappa shape index (κ3) is 5.93. The number of amides is 1. The summed E-state index contributed by atoms with van der Waals surface area (Å²) >= 11 is 0. The maximum Gasteiger partial charge on any atom is 0.259 e. The van der Waals surface area contributed by atoms with E-state index in [4.69, 9.17) is 14.2 Å². The van der Waals surface area contributed by atoms with Crippen LogP contribution in [-0.4, -0.2) is 58.1 Å². The van der Waals surface area contributed by atoms with E-state index in [0.717, 1.165) is 5.75 Å². The summed E-state index contributed by atoms with van der Waals surface area (Å²) in [5, 5.41) is 2.77. The first-order chi connectivity index (χ1) is 16.5. The van der Waals surface area contributed by atoms with E-state index < -0.39 is 15.9 Å². The number of anilines is 1. The molecule has 4 rings (SSSR count). The van der Waals surface area contributed by atoms with Crippen molar-refractivity contribution in [2.75, 3.05) is 44.8 Å². The Morgan fingerprint density at radius 2 is 1.59 bits per heavy atom. The molecule has 9 heteroatoms. The van der Waals surface area contributed by atoms with Crippen molar-refractivity contribution in [2.45, 2.75) is 4.90 Å².